The van der Waals surface area contributed by atoms with Gasteiger partial charge in [0.1, 0.15) is 11.8 Å². The molecule has 0 aliphatic rings. The van der Waals surface area contributed by atoms with Crippen LogP contribution in [-0.4, -0.2) is 4.98 Å². The molecule has 0 aromatic carbocycles. The van der Waals surface area contributed by atoms with Gasteiger partial charge in [0.25, 0.3) is 0 Å². The summed E-state index contributed by atoms with van der Waals surface area (Å²) >= 11 is 3.83. The third kappa shape index (κ3) is 1.04. The Balaban J connectivity index is 3.46. The van der Waals surface area contributed by atoms with Gasteiger partial charge in [0.2, 0.25) is 0 Å². The second kappa shape index (κ2) is 2.58. The Labute approximate surface area is 62.7 Å². The molecule has 4 heteroatoms. The number of nitrogens with zero attached hydrogens (tertiary/aromatic N) is 1. The molecule has 1 N–H and O–H groups in total. The zero-order valence-corrected chi connectivity index (χ0v) is 5.85. The third-order valence-electron chi connectivity index (χ3n) is 1.04. The lowest BCUT2D eigenvalue weighted by Gasteiger charge is -1.90. The highest BCUT2D eigenvalue weighted by molar-refractivity contribution is 7.80. The molecule has 1 aromatic heterocycles. The first-order valence-electron chi connectivity index (χ1n) is 2.56. The Bertz CT molecular complexity index is 336. The van der Waals surface area contributed by atoms with Gasteiger partial charge in [0, 0.05) is 12.3 Å². The van der Waals surface area contributed by atoms with E-state index in [1.807, 2.05) is 0 Å². The molecule has 1 heterocycles. The SMILES string of the molecule is N#Cc1[nH]ccc(=O)c1S. The number of hydrogen-bond acceptors (Lipinski definition) is 3. The van der Waals surface area contributed by atoms with Crippen LogP contribution in [0.3, 0.4) is 0 Å². The van der Waals surface area contributed by atoms with Gasteiger partial charge >= 0.3 is 0 Å². The molecule has 0 bridgehead atoms. The molecule has 10 heavy (non-hydrogen) atoms. The minimum Gasteiger partial charge on any atom is -0.352 e. The van der Waals surface area contributed by atoms with Gasteiger partial charge in [-0.05, 0) is 0 Å². The van der Waals surface area contributed by atoms with Crippen molar-refractivity contribution in [1.82, 2.24) is 4.98 Å². The van der Waals surface area contributed by atoms with Crippen molar-refractivity contribution < 1.29 is 0 Å². The van der Waals surface area contributed by atoms with Crippen molar-refractivity contribution in [1.29, 1.82) is 5.26 Å². The fourth-order valence-electron chi connectivity index (χ4n) is 0.556. The molecule has 50 valence electrons. The maximum absolute atomic E-state index is 10.8. The molecular weight excluding hydrogens is 148 g/mol. The first-order valence-corrected chi connectivity index (χ1v) is 3.01. The number of aromatic amines is 1. The molecule has 1 rings (SSSR count). The molecule has 0 aliphatic carbocycles. The largest absolute Gasteiger partial charge is 0.352 e. The number of thiol groups is 1. The topological polar surface area (TPSA) is 56.6 Å². The molecule has 3 nitrogen and oxygen atoms in total. The summed E-state index contributed by atoms with van der Waals surface area (Å²) in [5, 5.41) is 8.37. The number of hydrogen-bond donors (Lipinski definition) is 2. The number of nitriles is 1. The van der Waals surface area contributed by atoms with Crippen LogP contribution < -0.4 is 5.43 Å². The zero-order valence-electron chi connectivity index (χ0n) is 4.96. The maximum atomic E-state index is 10.8. The zero-order chi connectivity index (χ0) is 7.56. The van der Waals surface area contributed by atoms with Crippen molar-refractivity contribution in [3.8, 4) is 6.07 Å². The Hall–Kier alpha value is -1.21. The van der Waals surface area contributed by atoms with E-state index < -0.39 is 0 Å². The highest BCUT2D eigenvalue weighted by atomic mass is 32.1. The smallest absolute Gasteiger partial charge is 0.196 e. The van der Waals surface area contributed by atoms with Gasteiger partial charge in [-0.15, -0.1) is 12.6 Å². The molecule has 0 amide bonds. The number of pyridine rings is 1. The van der Waals surface area contributed by atoms with Crippen LogP contribution in [0, 0.1) is 11.3 Å². The summed E-state index contributed by atoms with van der Waals surface area (Å²) in [7, 11) is 0. The van der Waals surface area contributed by atoms with Gasteiger partial charge in [-0.2, -0.15) is 5.26 Å². The molecule has 0 fully saturated rings. The van der Waals surface area contributed by atoms with Gasteiger partial charge < -0.3 is 4.98 Å². The molecule has 1 aromatic rings. The van der Waals surface area contributed by atoms with Crippen LogP contribution in [0.25, 0.3) is 0 Å². The lowest BCUT2D eigenvalue weighted by Crippen LogP contribution is -2.03. The van der Waals surface area contributed by atoms with Gasteiger partial charge in [-0.25, -0.2) is 0 Å². The lowest BCUT2D eigenvalue weighted by atomic mass is 10.4. The fourth-order valence-corrected chi connectivity index (χ4v) is 0.745. The molecule has 0 radical (unpaired) electrons. The molecular formula is C6H4N2OS. The van der Waals surface area contributed by atoms with E-state index in [0.29, 0.717) is 0 Å². The van der Waals surface area contributed by atoms with Crippen LogP contribution in [0.2, 0.25) is 0 Å². The summed E-state index contributed by atoms with van der Waals surface area (Å²) in [6, 6.07) is 3.13. The second-order valence-electron chi connectivity index (χ2n) is 1.68. The van der Waals surface area contributed by atoms with Gasteiger partial charge in [-0.3, -0.25) is 4.79 Å². The van der Waals surface area contributed by atoms with Gasteiger partial charge in [-0.1, -0.05) is 0 Å². The third-order valence-corrected chi connectivity index (χ3v) is 1.49. The van der Waals surface area contributed by atoms with Crippen LogP contribution in [0.1, 0.15) is 5.69 Å². The summed E-state index contributed by atoms with van der Waals surface area (Å²) in [4.78, 5) is 13.5. The van der Waals surface area contributed by atoms with E-state index in [0.717, 1.165) is 0 Å². The Kier molecular flexibility index (Phi) is 1.78. The number of rotatable bonds is 0. The van der Waals surface area contributed by atoms with E-state index in [-0.39, 0.29) is 16.0 Å². The quantitative estimate of drug-likeness (QED) is 0.533. The van der Waals surface area contributed by atoms with Crippen LogP contribution >= 0.6 is 12.6 Å². The van der Waals surface area contributed by atoms with Crippen LogP contribution in [0.15, 0.2) is 22.0 Å². The molecule has 0 saturated heterocycles. The van der Waals surface area contributed by atoms with E-state index >= 15 is 0 Å². The standard InChI is InChI=1S/C6H4N2OS/c7-3-4-6(10)5(9)1-2-8-4/h1-2,10H,(H,8,9). The van der Waals surface area contributed by atoms with Crippen molar-refractivity contribution in [3.05, 3.63) is 28.2 Å². The van der Waals surface area contributed by atoms with E-state index in [9.17, 15) is 4.79 Å². The van der Waals surface area contributed by atoms with E-state index in [1.165, 1.54) is 12.3 Å². The summed E-state index contributed by atoms with van der Waals surface area (Å²) in [6.45, 7) is 0. The highest BCUT2D eigenvalue weighted by Gasteiger charge is 1.98. The minimum absolute atomic E-state index is 0.171. The summed E-state index contributed by atoms with van der Waals surface area (Å²) in [6.07, 6.45) is 1.42. The molecule has 0 atom stereocenters. The predicted molar refractivity (Wildman–Crippen MR) is 39.0 cm³/mol. The molecule has 0 unspecified atom stereocenters. The Morgan fingerprint density at radius 3 is 2.90 bits per heavy atom. The van der Waals surface area contributed by atoms with Gasteiger partial charge in [0.05, 0.1) is 4.90 Å². The normalized spacial score (nSPS) is 8.80. The van der Waals surface area contributed by atoms with Crippen molar-refractivity contribution in [3.63, 3.8) is 0 Å². The molecule has 0 spiro atoms. The van der Waals surface area contributed by atoms with Crippen molar-refractivity contribution in [2.75, 3.05) is 0 Å². The highest BCUT2D eigenvalue weighted by Crippen LogP contribution is 2.01. The monoisotopic (exact) mass is 152 g/mol. The van der Waals surface area contributed by atoms with Gasteiger partial charge in [0.15, 0.2) is 5.43 Å². The number of aromatic nitrogens is 1. The lowest BCUT2D eigenvalue weighted by molar-refractivity contribution is 1.15. The first-order chi connectivity index (χ1) is 4.75. The Morgan fingerprint density at radius 1 is 1.70 bits per heavy atom. The van der Waals surface area contributed by atoms with Crippen molar-refractivity contribution in [2.45, 2.75) is 4.90 Å². The summed E-state index contributed by atoms with van der Waals surface area (Å²) < 4.78 is 0. The number of H-pyrrole nitrogens is 1. The fraction of sp³-hybridized carbons (Fsp3) is 0. The predicted octanol–water partition coefficient (Wildman–Crippen LogP) is 0.535. The average molecular weight is 152 g/mol. The van der Waals surface area contributed by atoms with Crippen molar-refractivity contribution in [2.24, 2.45) is 0 Å². The summed E-state index contributed by atoms with van der Waals surface area (Å²) in [5.74, 6) is 0. The second-order valence-corrected chi connectivity index (χ2v) is 2.12. The Morgan fingerprint density at radius 2 is 2.40 bits per heavy atom. The number of nitrogens with one attached hydrogen (secondary N) is 1. The van der Waals surface area contributed by atoms with E-state index in [2.05, 4.69) is 17.6 Å². The molecule has 0 saturated carbocycles. The van der Waals surface area contributed by atoms with E-state index in [4.69, 9.17) is 5.26 Å². The van der Waals surface area contributed by atoms with E-state index in [1.54, 1.807) is 6.07 Å². The molecule has 0 aliphatic heterocycles. The summed E-state index contributed by atoms with van der Waals surface area (Å²) in [5.41, 5.74) is -0.0329. The average Bonchev–Trinajstić information content (AvgIpc) is 1.95. The van der Waals surface area contributed by atoms with Crippen LogP contribution in [0.4, 0.5) is 0 Å². The first kappa shape index (κ1) is 6.90. The van der Waals surface area contributed by atoms with Crippen molar-refractivity contribution >= 4 is 12.6 Å². The maximum Gasteiger partial charge on any atom is 0.196 e. The van der Waals surface area contributed by atoms with Crippen LogP contribution in [0.5, 0.6) is 0 Å². The minimum atomic E-state index is -0.237. The van der Waals surface area contributed by atoms with Crippen LogP contribution in [-0.2, 0) is 0 Å².